The number of ether oxygens (including phenoxy) is 1. The van der Waals surface area contributed by atoms with Crippen molar-refractivity contribution in [3.05, 3.63) is 53.6 Å². The third-order valence-electron chi connectivity index (χ3n) is 6.76. The van der Waals surface area contributed by atoms with Crippen LogP contribution in [-0.2, 0) is 9.53 Å². The van der Waals surface area contributed by atoms with Gasteiger partial charge in [0, 0.05) is 36.9 Å². The topological polar surface area (TPSA) is 108 Å². The van der Waals surface area contributed by atoms with E-state index in [1.54, 1.807) is 47.4 Å². The van der Waals surface area contributed by atoms with Gasteiger partial charge in [0.25, 0.3) is 5.91 Å². The molecule has 2 aliphatic rings. The molecule has 2 fully saturated rings. The van der Waals surface area contributed by atoms with E-state index in [9.17, 15) is 14.9 Å². The number of carbonyl (C=O) groups excluding carboxylic acids is 2. The van der Waals surface area contributed by atoms with Crippen molar-refractivity contribution in [2.24, 2.45) is 0 Å². The molecular formula is C26H26N4O4. The second-order valence-electron chi connectivity index (χ2n) is 8.95. The summed E-state index contributed by atoms with van der Waals surface area (Å²) >= 11 is 0. The van der Waals surface area contributed by atoms with Crippen LogP contribution in [0, 0.1) is 11.3 Å². The van der Waals surface area contributed by atoms with Crippen LogP contribution in [0.25, 0.3) is 22.6 Å². The zero-order valence-electron chi connectivity index (χ0n) is 19.0. The number of nitriles is 1. The number of aromatic nitrogens is 1. The maximum absolute atomic E-state index is 13.1. The molecule has 8 heteroatoms. The summed E-state index contributed by atoms with van der Waals surface area (Å²) in [5.41, 5.74) is 2.85. The fourth-order valence-corrected chi connectivity index (χ4v) is 4.81. The molecule has 34 heavy (non-hydrogen) atoms. The molecule has 0 bridgehead atoms. The molecule has 1 saturated heterocycles. The highest BCUT2D eigenvalue weighted by Crippen LogP contribution is 2.28. The van der Waals surface area contributed by atoms with Crippen LogP contribution in [0.1, 0.15) is 48.0 Å². The summed E-state index contributed by atoms with van der Waals surface area (Å²) in [5.74, 6) is 0.312. The zero-order chi connectivity index (χ0) is 23.7. The van der Waals surface area contributed by atoms with Crippen LogP contribution in [0.2, 0.25) is 0 Å². The Kier molecular flexibility index (Phi) is 6.03. The van der Waals surface area contributed by atoms with Gasteiger partial charge in [-0.05, 0) is 68.5 Å². The molecule has 1 aromatic heterocycles. The van der Waals surface area contributed by atoms with E-state index >= 15 is 0 Å². The number of benzene rings is 2. The Bertz CT molecular complexity index is 1250. The molecule has 2 aromatic carbocycles. The number of amides is 2. The minimum absolute atomic E-state index is 0.0335. The minimum atomic E-state index is -0.329. The third kappa shape index (κ3) is 4.27. The van der Waals surface area contributed by atoms with Crippen LogP contribution in [0.3, 0.4) is 0 Å². The van der Waals surface area contributed by atoms with E-state index in [1.807, 2.05) is 7.05 Å². The van der Waals surface area contributed by atoms with Gasteiger partial charge in [-0.3, -0.25) is 9.59 Å². The van der Waals surface area contributed by atoms with E-state index in [4.69, 9.17) is 9.15 Å². The normalized spacial score (nSPS) is 21.9. The summed E-state index contributed by atoms with van der Waals surface area (Å²) in [6.45, 7) is 0.648. The van der Waals surface area contributed by atoms with Gasteiger partial charge in [0.2, 0.25) is 11.8 Å². The first-order valence-corrected chi connectivity index (χ1v) is 11.6. The molecule has 2 heterocycles. The summed E-state index contributed by atoms with van der Waals surface area (Å²) in [6, 6.07) is 14.6. The van der Waals surface area contributed by atoms with Crippen molar-refractivity contribution in [2.45, 2.75) is 50.3 Å². The average molecular weight is 459 g/mol. The Morgan fingerprint density at radius 3 is 2.71 bits per heavy atom. The molecular weight excluding hydrogens is 432 g/mol. The lowest BCUT2D eigenvalue weighted by Gasteiger charge is -2.25. The molecule has 8 nitrogen and oxygen atoms in total. The number of rotatable bonds is 5. The molecule has 0 radical (unpaired) electrons. The van der Waals surface area contributed by atoms with E-state index in [2.05, 4.69) is 16.4 Å². The van der Waals surface area contributed by atoms with Crippen LogP contribution < -0.4 is 5.32 Å². The van der Waals surface area contributed by atoms with Gasteiger partial charge in [-0.2, -0.15) is 5.26 Å². The Labute approximate surface area is 197 Å². The highest BCUT2D eigenvalue weighted by atomic mass is 16.5. The number of hydrogen-bond donors (Lipinski definition) is 1. The molecule has 5 rings (SSSR count). The fourth-order valence-electron chi connectivity index (χ4n) is 4.81. The third-order valence-corrected chi connectivity index (χ3v) is 6.76. The number of oxazole rings is 1. The van der Waals surface area contributed by atoms with Gasteiger partial charge in [-0.25, -0.2) is 4.98 Å². The van der Waals surface area contributed by atoms with Crippen LogP contribution in [-0.4, -0.2) is 53.5 Å². The molecule has 174 valence electrons. The van der Waals surface area contributed by atoms with Gasteiger partial charge in [-0.1, -0.05) is 6.07 Å². The predicted octanol–water partition coefficient (Wildman–Crippen LogP) is 3.65. The summed E-state index contributed by atoms with van der Waals surface area (Å²) in [7, 11) is 1.81. The first-order valence-electron chi connectivity index (χ1n) is 11.6. The first kappa shape index (κ1) is 22.1. The second kappa shape index (κ2) is 9.27. The Morgan fingerprint density at radius 1 is 1.15 bits per heavy atom. The summed E-state index contributed by atoms with van der Waals surface area (Å²) < 4.78 is 11.3. The second-order valence-corrected chi connectivity index (χ2v) is 8.95. The number of nitrogens with zero attached hydrogens (tertiary/aromatic N) is 3. The average Bonchev–Trinajstić information content (AvgIpc) is 3.63. The van der Waals surface area contributed by atoms with Crippen molar-refractivity contribution in [3.63, 3.8) is 0 Å². The highest BCUT2D eigenvalue weighted by Gasteiger charge is 2.33. The number of para-hydroxylation sites is 1. The van der Waals surface area contributed by atoms with E-state index in [0.29, 0.717) is 34.7 Å². The van der Waals surface area contributed by atoms with Gasteiger partial charge in [0.05, 0.1) is 5.56 Å². The van der Waals surface area contributed by atoms with E-state index in [1.165, 1.54) is 0 Å². The summed E-state index contributed by atoms with van der Waals surface area (Å²) in [4.78, 5) is 31.6. The maximum atomic E-state index is 13.1. The molecule has 3 atom stereocenters. The molecule has 1 N–H and O–H groups in total. The van der Waals surface area contributed by atoms with Crippen molar-refractivity contribution in [1.82, 2.24) is 15.2 Å². The van der Waals surface area contributed by atoms with Crippen molar-refractivity contribution >= 4 is 22.9 Å². The highest BCUT2D eigenvalue weighted by molar-refractivity contribution is 5.94. The largest absolute Gasteiger partial charge is 0.436 e. The fraction of sp³-hybridized carbons (Fsp3) is 0.385. The van der Waals surface area contributed by atoms with E-state index < -0.39 is 0 Å². The summed E-state index contributed by atoms with van der Waals surface area (Å²) in [5, 5.41) is 12.4. The maximum Gasteiger partial charge on any atom is 0.253 e. The van der Waals surface area contributed by atoms with Crippen LogP contribution in [0.4, 0.5) is 0 Å². The molecule has 1 aliphatic carbocycles. The van der Waals surface area contributed by atoms with Crippen molar-refractivity contribution < 1.29 is 18.7 Å². The lowest BCUT2D eigenvalue weighted by molar-refractivity contribution is -0.130. The van der Waals surface area contributed by atoms with E-state index in [-0.39, 0.29) is 30.0 Å². The van der Waals surface area contributed by atoms with Gasteiger partial charge in [0.1, 0.15) is 17.7 Å². The van der Waals surface area contributed by atoms with Gasteiger partial charge in [0.15, 0.2) is 5.58 Å². The molecule has 0 spiro atoms. The van der Waals surface area contributed by atoms with Gasteiger partial charge in [-0.15, -0.1) is 0 Å². The molecule has 1 saturated carbocycles. The molecule has 2 amide bonds. The van der Waals surface area contributed by atoms with Gasteiger partial charge < -0.3 is 19.4 Å². The number of hydrogen-bond acceptors (Lipinski definition) is 6. The molecule has 3 aromatic rings. The monoisotopic (exact) mass is 458 g/mol. The molecule has 1 unspecified atom stereocenters. The van der Waals surface area contributed by atoms with Crippen LogP contribution >= 0.6 is 0 Å². The Balaban J connectivity index is 1.23. The zero-order valence-corrected chi connectivity index (χ0v) is 19.0. The number of fused-ring (bicyclic) bond motifs is 1. The summed E-state index contributed by atoms with van der Waals surface area (Å²) in [6.07, 6.45) is 3.81. The molecule has 1 aliphatic heterocycles. The van der Waals surface area contributed by atoms with E-state index in [0.717, 1.165) is 37.7 Å². The lowest BCUT2D eigenvalue weighted by Crippen LogP contribution is -2.41. The van der Waals surface area contributed by atoms with Crippen molar-refractivity contribution in [3.8, 4) is 17.5 Å². The lowest BCUT2D eigenvalue weighted by atomic mass is 10.1. The number of nitrogens with one attached hydrogen (secondary N) is 1. The van der Waals surface area contributed by atoms with Crippen LogP contribution in [0.15, 0.2) is 46.9 Å². The smallest absolute Gasteiger partial charge is 0.253 e. The first-order chi connectivity index (χ1) is 16.5. The minimum Gasteiger partial charge on any atom is -0.436 e. The van der Waals surface area contributed by atoms with Crippen molar-refractivity contribution in [2.75, 3.05) is 13.7 Å². The van der Waals surface area contributed by atoms with Crippen molar-refractivity contribution in [1.29, 1.82) is 5.26 Å². The van der Waals surface area contributed by atoms with Gasteiger partial charge >= 0.3 is 0 Å². The Morgan fingerprint density at radius 2 is 1.97 bits per heavy atom. The standard InChI is InChI=1S/C26H26N4O4/c1-30(20-12-11-19(14-20)28-24(31)22-6-3-13-33-22)26(32)17-9-7-16(8-10-17)25-29-23-18(15-27)4-2-5-21(23)34-25/h2,4-5,7-10,19-20,22H,3,6,11-14H2,1H3,(H,28,31)/t19-,20+,22?/m0/s1. The quantitative estimate of drug-likeness (QED) is 0.625. The SMILES string of the molecule is CN(C(=O)c1ccc(-c2nc3c(C#N)cccc3o2)cc1)[C@@H]1CC[C@H](NC(=O)C2CCCO2)C1. The van der Waals surface area contributed by atoms with Crippen LogP contribution in [0.5, 0.6) is 0 Å². The predicted molar refractivity (Wildman–Crippen MR) is 125 cm³/mol. The number of carbonyl (C=O) groups is 2. The Hall–Kier alpha value is -3.70.